The standard InChI is InChI=1S/C14H23NO2/c1-5-11(3)17-14-8-10(2)13(16-4)9-12(14)6-7-15/h8-9,11H,5-7,15H2,1-4H3. The zero-order valence-corrected chi connectivity index (χ0v) is 11.2. The third-order valence-electron chi connectivity index (χ3n) is 2.89. The van der Waals surface area contributed by atoms with Crippen molar-refractivity contribution in [2.24, 2.45) is 5.73 Å². The lowest BCUT2D eigenvalue weighted by atomic mass is 10.1. The minimum Gasteiger partial charge on any atom is -0.496 e. The van der Waals surface area contributed by atoms with E-state index in [0.29, 0.717) is 6.54 Å². The second-order valence-corrected chi connectivity index (χ2v) is 4.30. The Morgan fingerprint density at radius 2 is 2.00 bits per heavy atom. The molecule has 96 valence electrons. The summed E-state index contributed by atoms with van der Waals surface area (Å²) in [6.07, 6.45) is 2.02. The number of hydrogen-bond acceptors (Lipinski definition) is 3. The van der Waals surface area contributed by atoms with Gasteiger partial charge in [0.15, 0.2) is 0 Å². The minimum atomic E-state index is 0.222. The van der Waals surface area contributed by atoms with Crippen molar-refractivity contribution >= 4 is 0 Å². The number of methoxy groups -OCH3 is 1. The third-order valence-corrected chi connectivity index (χ3v) is 2.89. The largest absolute Gasteiger partial charge is 0.496 e. The summed E-state index contributed by atoms with van der Waals surface area (Å²) in [5, 5.41) is 0. The van der Waals surface area contributed by atoms with Gasteiger partial charge < -0.3 is 15.2 Å². The summed E-state index contributed by atoms with van der Waals surface area (Å²) in [6.45, 7) is 6.83. The number of aryl methyl sites for hydroxylation is 1. The Labute approximate surface area is 104 Å². The highest BCUT2D eigenvalue weighted by Crippen LogP contribution is 2.29. The molecule has 0 aromatic heterocycles. The molecule has 0 amide bonds. The molecule has 0 bridgehead atoms. The normalized spacial score (nSPS) is 12.3. The average molecular weight is 237 g/mol. The van der Waals surface area contributed by atoms with Crippen molar-refractivity contribution in [3.05, 3.63) is 23.3 Å². The molecule has 0 fully saturated rings. The summed E-state index contributed by atoms with van der Waals surface area (Å²) < 4.78 is 11.2. The summed E-state index contributed by atoms with van der Waals surface area (Å²) in [7, 11) is 1.68. The molecule has 1 rings (SSSR count). The molecular weight excluding hydrogens is 214 g/mol. The molecule has 2 N–H and O–H groups in total. The monoisotopic (exact) mass is 237 g/mol. The van der Waals surface area contributed by atoms with Crippen molar-refractivity contribution in [2.45, 2.75) is 39.7 Å². The molecule has 0 aliphatic carbocycles. The molecule has 3 nitrogen and oxygen atoms in total. The van der Waals surface area contributed by atoms with E-state index in [0.717, 1.165) is 35.5 Å². The second-order valence-electron chi connectivity index (χ2n) is 4.30. The van der Waals surface area contributed by atoms with Crippen molar-refractivity contribution < 1.29 is 9.47 Å². The molecule has 1 unspecified atom stereocenters. The Morgan fingerprint density at radius 1 is 1.29 bits per heavy atom. The van der Waals surface area contributed by atoms with Crippen LogP contribution in [0.15, 0.2) is 12.1 Å². The highest BCUT2D eigenvalue weighted by Gasteiger charge is 2.10. The molecule has 0 saturated heterocycles. The lowest BCUT2D eigenvalue weighted by Crippen LogP contribution is -2.13. The van der Waals surface area contributed by atoms with Gasteiger partial charge in [-0.25, -0.2) is 0 Å². The average Bonchev–Trinajstić information content (AvgIpc) is 2.32. The Bertz CT molecular complexity index is 363. The maximum atomic E-state index is 5.92. The Kier molecular flexibility index (Phi) is 5.29. The summed E-state index contributed by atoms with van der Waals surface area (Å²) in [4.78, 5) is 0. The van der Waals surface area contributed by atoms with Crippen LogP contribution in [0, 0.1) is 6.92 Å². The van der Waals surface area contributed by atoms with Gasteiger partial charge in [-0.3, -0.25) is 0 Å². The van der Waals surface area contributed by atoms with E-state index in [2.05, 4.69) is 13.8 Å². The fourth-order valence-electron chi connectivity index (χ4n) is 1.68. The van der Waals surface area contributed by atoms with E-state index < -0.39 is 0 Å². The van der Waals surface area contributed by atoms with Gasteiger partial charge in [-0.05, 0) is 56.5 Å². The van der Waals surface area contributed by atoms with Crippen molar-refractivity contribution in [1.82, 2.24) is 0 Å². The summed E-state index contributed by atoms with van der Waals surface area (Å²) in [5.41, 5.74) is 7.84. The summed E-state index contributed by atoms with van der Waals surface area (Å²) in [6, 6.07) is 4.07. The van der Waals surface area contributed by atoms with Crippen molar-refractivity contribution in [2.75, 3.05) is 13.7 Å². The van der Waals surface area contributed by atoms with Crippen molar-refractivity contribution in [3.63, 3.8) is 0 Å². The Hall–Kier alpha value is -1.22. The van der Waals surface area contributed by atoms with Crippen LogP contribution in [0.25, 0.3) is 0 Å². The third kappa shape index (κ3) is 3.63. The van der Waals surface area contributed by atoms with Crippen molar-refractivity contribution in [1.29, 1.82) is 0 Å². The Morgan fingerprint density at radius 3 is 2.53 bits per heavy atom. The van der Waals surface area contributed by atoms with Crippen LogP contribution in [0.1, 0.15) is 31.4 Å². The molecule has 1 aromatic carbocycles. The molecule has 0 saturated carbocycles. The zero-order chi connectivity index (χ0) is 12.8. The summed E-state index contributed by atoms with van der Waals surface area (Å²) in [5.74, 6) is 1.83. The maximum absolute atomic E-state index is 5.92. The topological polar surface area (TPSA) is 44.5 Å². The van der Waals surface area contributed by atoms with E-state index in [9.17, 15) is 0 Å². The van der Waals surface area contributed by atoms with Gasteiger partial charge in [-0.1, -0.05) is 6.92 Å². The molecule has 0 radical (unpaired) electrons. The fraction of sp³-hybridized carbons (Fsp3) is 0.571. The number of rotatable bonds is 6. The lowest BCUT2D eigenvalue weighted by Gasteiger charge is -2.18. The first-order valence-corrected chi connectivity index (χ1v) is 6.16. The molecular formula is C14H23NO2. The van der Waals surface area contributed by atoms with Gasteiger partial charge in [0, 0.05) is 0 Å². The molecule has 0 spiro atoms. The van der Waals surface area contributed by atoms with Crippen LogP contribution in [-0.2, 0) is 6.42 Å². The second kappa shape index (κ2) is 6.50. The minimum absolute atomic E-state index is 0.222. The van der Waals surface area contributed by atoms with Gasteiger partial charge in [-0.2, -0.15) is 0 Å². The van der Waals surface area contributed by atoms with Gasteiger partial charge in [0.2, 0.25) is 0 Å². The van der Waals surface area contributed by atoms with E-state index in [1.807, 2.05) is 19.1 Å². The van der Waals surface area contributed by atoms with Crippen LogP contribution in [0.3, 0.4) is 0 Å². The molecule has 0 heterocycles. The van der Waals surface area contributed by atoms with Crippen LogP contribution in [0.2, 0.25) is 0 Å². The number of hydrogen-bond donors (Lipinski definition) is 1. The fourth-order valence-corrected chi connectivity index (χ4v) is 1.68. The molecule has 1 aromatic rings. The molecule has 1 atom stereocenters. The van der Waals surface area contributed by atoms with Crippen LogP contribution >= 0.6 is 0 Å². The van der Waals surface area contributed by atoms with Gasteiger partial charge >= 0.3 is 0 Å². The lowest BCUT2D eigenvalue weighted by molar-refractivity contribution is 0.215. The van der Waals surface area contributed by atoms with Gasteiger partial charge in [0.05, 0.1) is 13.2 Å². The molecule has 3 heteroatoms. The first-order chi connectivity index (χ1) is 8.12. The van der Waals surface area contributed by atoms with Gasteiger partial charge in [0.1, 0.15) is 11.5 Å². The van der Waals surface area contributed by atoms with E-state index in [4.69, 9.17) is 15.2 Å². The van der Waals surface area contributed by atoms with E-state index >= 15 is 0 Å². The molecule has 17 heavy (non-hydrogen) atoms. The smallest absolute Gasteiger partial charge is 0.123 e. The molecule has 0 aliphatic rings. The van der Waals surface area contributed by atoms with E-state index in [1.165, 1.54) is 0 Å². The zero-order valence-electron chi connectivity index (χ0n) is 11.2. The number of nitrogens with two attached hydrogens (primary N) is 1. The van der Waals surface area contributed by atoms with Crippen LogP contribution in [0.5, 0.6) is 11.5 Å². The van der Waals surface area contributed by atoms with Gasteiger partial charge in [-0.15, -0.1) is 0 Å². The van der Waals surface area contributed by atoms with Crippen LogP contribution in [0.4, 0.5) is 0 Å². The predicted molar refractivity (Wildman–Crippen MR) is 70.9 cm³/mol. The first-order valence-electron chi connectivity index (χ1n) is 6.16. The highest BCUT2D eigenvalue weighted by molar-refractivity contribution is 5.46. The quantitative estimate of drug-likeness (QED) is 0.827. The maximum Gasteiger partial charge on any atom is 0.123 e. The number of ether oxygens (including phenoxy) is 2. The molecule has 0 aliphatic heterocycles. The van der Waals surface area contributed by atoms with E-state index in [1.54, 1.807) is 7.11 Å². The van der Waals surface area contributed by atoms with E-state index in [-0.39, 0.29) is 6.10 Å². The van der Waals surface area contributed by atoms with Gasteiger partial charge in [0.25, 0.3) is 0 Å². The van der Waals surface area contributed by atoms with Crippen LogP contribution < -0.4 is 15.2 Å². The van der Waals surface area contributed by atoms with Crippen molar-refractivity contribution in [3.8, 4) is 11.5 Å². The predicted octanol–water partition coefficient (Wildman–Crippen LogP) is 2.68. The summed E-state index contributed by atoms with van der Waals surface area (Å²) >= 11 is 0. The highest BCUT2D eigenvalue weighted by atomic mass is 16.5. The first kappa shape index (κ1) is 13.8. The SMILES string of the molecule is CCC(C)Oc1cc(C)c(OC)cc1CCN. The Balaban J connectivity index is 3.04. The number of benzene rings is 1. The van der Waals surface area contributed by atoms with Crippen LogP contribution in [-0.4, -0.2) is 19.8 Å².